The second-order valence-corrected chi connectivity index (χ2v) is 6.61. The minimum absolute atomic E-state index is 0.0159. The standard InChI is InChI=1S/C17H10BrN5O/c18-10-7-5-9(6-8-10)15-13-14(19-17-20-21-22-23(15)17)11-3-1-2-4-12(11)16(13)24/h1-8,15H,(H,19,20,22). The van der Waals surface area contributed by atoms with Crippen molar-refractivity contribution in [1.29, 1.82) is 0 Å². The average Bonchev–Trinajstić information content (AvgIpc) is 3.18. The molecule has 0 amide bonds. The first-order valence-electron chi connectivity index (χ1n) is 7.42. The van der Waals surface area contributed by atoms with E-state index in [0.717, 1.165) is 21.3 Å². The highest BCUT2D eigenvalue weighted by Gasteiger charge is 2.41. The van der Waals surface area contributed by atoms with Gasteiger partial charge in [0, 0.05) is 15.6 Å². The smallest absolute Gasteiger partial charge is 0.248 e. The number of ketones is 1. The number of nitrogens with one attached hydrogen (secondary N) is 1. The number of fused-ring (bicyclic) bond motifs is 3. The first-order valence-corrected chi connectivity index (χ1v) is 8.22. The Labute approximate surface area is 145 Å². The molecule has 0 fully saturated rings. The summed E-state index contributed by atoms with van der Waals surface area (Å²) in [5.74, 6) is 0.549. The van der Waals surface area contributed by atoms with Crippen LogP contribution < -0.4 is 5.32 Å². The number of hydrogen-bond acceptors (Lipinski definition) is 5. The molecule has 3 aromatic rings. The van der Waals surface area contributed by atoms with Crippen LogP contribution in [0.15, 0.2) is 58.6 Å². The van der Waals surface area contributed by atoms with Crippen LogP contribution in [0.25, 0.3) is 5.70 Å². The largest absolute Gasteiger partial charge is 0.322 e. The van der Waals surface area contributed by atoms with E-state index in [1.165, 1.54) is 0 Å². The third kappa shape index (κ3) is 1.75. The van der Waals surface area contributed by atoms with E-state index in [-0.39, 0.29) is 11.8 Å². The summed E-state index contributed by atoms with van der Waals surface area (Å²) in [6, 6.07) is 15.1. The lowest BCUT2D eigenvalue weighted by Gasteiger charge is -2.25. The maximum absolute atomic E-state index is 13.0. The second kappa shape index (κ2) is 4.85. The minimum atomic E-state index is -0.348. The third-order valence-corrected chi connectivity index (χ3v) is 4.92. The van der Waals surface area contributed by atoms with Crippen molar-refractivity contribution in [2.45, 2.75) is 6.04 Å². The minimum Gasteiger partial charge on any atom is -0.322 e. The number of hydrogen-bond donors (Lipinski definition) is 1. The highest BCUT2D eigenvalue weighted by atomic mass is 79.9. The molecule has 116 valence electrons. The van der Waals surface area contributed by atoms with Crippen molar-refractivity contribution >= 4 is 33.4 Å². The lowest BCUT2D eigenvalue weighted by molar-refractivity contribution is 0.102. The fourth-order valence-corrected chi connectivity index (χ4v) is 3.60. The lowest BCUT2D eigenvalue weighted by atomic mass is 9.94. The zero-order valence-electron chi connectivity index (χ0n) is 12.3. The maximum Gasteiger partial charge on any atom is 0.248 e. The topological polar surface area (TPSA) is 72.7 Å². The molecule has 1 atom stereocenters. The van der Waals surface area contributed by atoms with Crippen LogP contribution in [-0.4, -0.2) is 26.0 Å². The van der Waals surface area contributed by atoms with Crippen molar-refractivity contribution in [3.05, 3.63) is 75.3 Å². The summed E-state index contributed by atoms with van der Waals surface area (Å²) in [6.45, 7) is 0. The Bertz CT molecular complexity index is 1020. The van der Waals surface area contributed by atoms with Crippen molar-refractivity contribution in [3.8, 4) is 0 Å². The molecule has 0 spiro atoms. The number of benzene rings is 2. The number of anilines is 1. The highest BCUT2D eigenvalue weighted by Crippen LogP contribution is 2.44. The zero-order valence-corrected chi connectivity index (χ0v) is 13.9. The number of halogens is 1. The predicted molar refractivity (Wildman–Crippen MR) is 91.4 cm³/mol. The van der Waals surface area contributed by atoms with Crippen molar-refractivity contribution in [1.82, 2.24) is 20.2 Å². The summed E-state index contributed by atoms with van der Waals surface area (Å²) in [6.07, 6.45) is 0. The molecule has 0 saturated carbocycles. The van der Waals surface area contributed by atoms with Crippen molar-refractivity contribution < 1.29 is 4.79 Å². The molecule has 5 rings (SSSR count). The Balaban J connectivity index is 1.77. The SMILES string of the molecule is O=C1C2=C(Nc3nnnn3C2c2ccc(Br)cc2)c2ccccc21. The maximum atomic E-state index is 13.0. The number of aromatic nitrogens is 4. The van der Waals surface area contributed by atoms with Crippen LogP contribution in [0.1, 0.15) is 27.5 Å². The summed E-state index contributed by atoms with van der Waals surface area (Å²) in [5.41, 5.74) is 4.04. The van der Waals surface area contributed by atoms with Crippen LogP contribution in [-0.2, 0) is 0 Å². The molecule has 0 bridgehead atoms. The van der Waals surface area contributed by atoms with E-state index < -0.39 is 0 Å². The predicted octanol–water partition coefficient (Wildman–Crippen LogP) is 3.06. The number of carbonyl (C=O) groups excluding carboxylic acids is 1. The van der Waals surface area contributed by atoms with E-state index in [2.05, 4.69) is 36.8 Å². The van der Waals surface area contributed by atoms with Crippen LogP contribution in [0, 0.1) is 0 Å². The summed E-state index contributed by atoms with van der Waals surface area (Å²) in [4.78, 5) is 13.0. The third-order valence-electron chi connectivity index (χ3n) is 4.39. The van der Waals surface area contributed by atoms with Gasteiger partial charge in [0.05, 0.1) is 11.3 Å². The summed E-state index contributed by atoms with van der Waals surface area (Å²) < 4.78 is 2.64. The molecule has 2 aliphatic rings. The molecule has 24 heavy (non-hydrogen) atoms. The van der Waals surface area contributed by atoms with Gasteiger partial charge in [-0.2, -0.15) is 4.68 Å². The van der Waals surface area contributed by atoms with Gasteiger partial charge in [0.15, 0.2) is 5.78 Å². The molecule has 1 aliphatic heterocycles. The van der Waals surface area contributed by atoms with E-state index in [1.54, 1.807) is 4.68 Å². The zero-order chi connectivity index (χ0) is 16.3. The van der Waals surface area contributed by atoms with Gasteiger partial charge >= 0.3 is 0 Å². The van der Waals surface area contributed by atoms with Gasteiger partial charge < -0.3 is 5.32 Å². The molecule has 1 unspecified atom stereocenters. The van der Waals surface area contributed by atoms with E-state index in [1.807, 2.05) is 48.5 Å². The van der Waals surface area contributed by atoms with Gasteiger partial charge in [0.25, 0.3) is 0 Å². The number of rotatable bonds is 1. The Hall–Kier alpha value is -2.80. The molecule has 0 radical (unpaired) electrons. The van der Waals surface area contributed by atoms with Crippen molar-refractivity contribution in [2.24, 2.45) is 0 Å². The van der Waals surface area contributed by atoms with Gasteiger partial charge in [-0.05, 0) is 28.1 Å². The summed E-state index contributed by atoms with van der Waals surface area (Å²) in [5, 5.41) is 15.1. The quantitative estimate of drug-likeness (QED) is 0.703. The number of Topliss-reactive ketones (excluding diaryl/α,β-unsaturated/α-hetero) is 1. The fourth-order valence-electron chi connectivity index (χ4n) is 3.34. The van der Waals surface area contributed by atoms with Gasteiger partial charge in [0.2, 0.25) is 5.95 Å². The molecule has 1 N–H and O–H groups in total. The van der Waals surface area contributed by atoms with E-state index >= 15 is 0 Å². The van der Waals surface area contributed by atoms with Crippen LogP contribution in [0.3, 0.4) is 0 Å². The monoisotopic (exact) mass is 379 g/mol. The Morgan fingerprint density at radius 1 is 1.04 bits per heavy atom. The first kappa shape index (κ1) is 13.6. The van der Waals surface area contributed by atoms with E-state index in [4.69, 9.17) is 0 Å². The number of tetrazole rings is 1. The normalized spacial score (nSPS) is 18.0. The lowest BCUT2D eigenvalue weighted by Crippen LogP contribution is -2.25. The van der Waals surface area contributed by atoms with Crippen molar-refractivity contribution in [2.75, 3.05) is 5.32 Å². The molecule has 1 aromatic heterocycles. The van der Waals surface area contributed by atoms with Crippen LogP contribution in [0.4, 0.5) is 5.95 Å². The molecule has 1 aliphatic carbocycles. The van der Waals surface area contributed by atoms with Gasteiger partial charge in [-0.1, -0.05) is 57.4 Å². The molecule has 7 heteroatoms. The Kier molecular flexibility index (Phi) is 2.75. The van der Waals surface area contributed by atoms with E-state index in [9.17, 15) is 4.79 Å². The van der Waals surface area contributed by atoms with Crippen LogP contribution >= 0.6 is 15.9 Å². The molecular weight excluding hydrogens is 370 g/mol. The number of carbonyl (C=O) groups is 1. The van der Waals surface area contributed by atoms with Crippen LogP contribution in [0.5, 0.6) is 0 Å². The van der Waals surface area contributed by atoms with Crippen molar-refractivity contribution in [3.63, 3.8) is 0 Å². The second-order valence-electron chi connectivity index (χ2n) is 5.69. The van der Waals surface area contributed by atoms with Crippen LogP contribution in [0.2, 0.25) is 0 Å². The van der Waals surface area contributed by atoms with Gasteiger partial charge in [-0.3, -0.25) is 4.79 Å². The number of allylic oxidation sites excluding steroid dienone is 1. The molecule has 0 saturated heterocycles. The summed E-state index contributed by atoms with van der Waals surface area (Å²) in [7, 11) is 0. The molecular formula is C17H10BrN5O. The van der Waals surface area contributed by atoms with Gasteiger partial charge in [-0.15, -0.1) is 0 Å². The molecule has 2 aromatic carbocycles. The Morgan fingerprint density at radius 3 is 2.58 bits per heavy atom. The van der Waals surface area contributed by atoms with Gasteiger partial charge in [0.1, 0.15) is 6.04 Å². The molecule has 2 heterocycles. The summed E-state index contributed by atoms with van der Waals surface area (Å²) >= 11 is 3.45. The fraction of sp³-hybridized carbons (Fsp3) is 0.0588. The average molecular weight is 380 g/mol. The molecule has 6 nitrogen and oxygen atoms in total. The Morgan fingerprint density at radius 2 is 1.79 bits per heavy atom. The first-order chi connectivity index (χ1) is 11.7. The van der Waals surface area contributed by atoms with Gasteiger partial charge in [-0.25, -0.2) is 0 Å². The van der Waals surface area contributed by atoms with E-state index in [0.29, 0.717) is 17.1 Å². The number of nitrogens with zero attached hydrogens (tertiary/aromatic N) is 4. The highest BCUT2D eigenvalue weighted by molar-refractivity contribution is 9.10.